The maximum Gasteiger partial charge on any atom is 0.195 e. The predicted molar refractivity (Wildman–Crippen MR) is 108 cm³/mol. The number of hydrogen-bond acceptors (Lipinski definition) is 4. The Kier molecular flexibility index (Phi) is 9.28. The molecular weight excluding hydrogens is 328 g/mol. The average molecular weight is 363 g/mol. The van der Waals surface area contributed by atoms with Gasteiger partial charge < -0.3 is 20.1 Å². The molecule has 0 spiro atoms. The fraction of sp³-hybridized carbons (Fsp3) is 0.650. The summed E-state index contributed by atoms with van der Waals surface area (Å²) in [7, 11) is 1.70. The molecular formula is C20H34N4O2. The molecule has 2 rings (SSSR count). The molecule has 0 amide bonds. The molecule has 1 aliphatic carbocycles. The van der Waals surface area contributed by atoms with Gasteiger partial charge in [0.2, 0.25) is 0 Å². The van der Waals surface area contributed by atoms with Crippen molar-refractivity contribution in [2.45, 2.75) is 39.2 Å². The monoisotopic (exact) mass is 362 g/mol. The highest BCUT2D eigenvalue weighted by molar-refractivity contribution is 5.93. The summed E-state index contributed by atoms with van der Waals surface area (Å²) in [5.74, 6) is 1.67. The molecule has 6 nitrogen and oxygen atoms in total. The smallest absolute Gasteiger partial charge is 0.195 e. The van der Waals surface area contributed by atoms with E-state index in [-0.39, 0.29) is 0 Å². The zero-order valence-corrected chi connectivity index (χ0v) is 16.5. The molecule has 1 aromatic rings. The Labute approximate surface area is 158 Å². The van der Waals surface area contributed by atoms with Crippen molar-refractivity contribution in [1.82, 2.24) is 10.2 Å². The SMILES string of the molecule is CCNC(=NCCN(CC)C1CC1)Nc1cccc(OCCCOC)c1. The fourth-order valence-electron chi connectivity index (χ4n) is 2.83. The summed E-state index contributed by atoms with van der Waals surface area (Å²) >= 11 is 0. The largest absolute Gasteiger partial charge is 0.493 e. The van der Waals surface area contributed by atoms with E-state index in [0.29, 0.717) is 13.2 Å². The van der Waals surface area contributed by atoms with E-state index in [1.54, 1.807) is 7.11 Å². The second-order valence-corrected chi connectivity index (χ2v) is 6.47. The third kappa shape index (κ3) is 7.62. The zero-order chi connectivity index (χ0) is 18.6. The highest BCUT2D eigenvalue weighted by Crippen LogP contribution is 2.26. The van der Waals surface area contributed by atoms with E-state index < -0.39 is 0 Å². The van der Waals surface area contributed by atoms with E-state index in [1.807, 2.05) is 24.3 Å². The third-order valence-corrected chi connectivity index (χ3v) is 4.33. The van der Waals surface area contributed by atoms with Crippen LogP contribution in [0.3, 0.4) is 0 Å². The van der Waals surface area contributed by atoms with Gasteiger partial charge in [-0.1, -0.05) is 13.0 Å². The lowest BCUT2D eigenvalue weighted by Crippen LogP contribution is -2.33. The van der Waals surface area contributed by atoms with Gasteiger partial charge in [0.25, 0.3) is 0 Å². The Balaban J connectivity index is 1.86. The van der Waals surface area contributed by atoms with Gasteiger partial charge in [-0.15, -0.1) is 0 Å². The maximum absolute atomic E-state index is 5.76. The lowest BCUT2D eigenvalue weighted by Gasteiger charge is -2.19. The number of benzene rings is 1. The van der Waals surface area contributed by atoms with Crippen LogP contribution >= 0.6 is 0 Å². The van der Waals surface area contributed by atoms with Gasteiger partial charge in [0.15, 0.2) is 5.96 Å². The van der Waals surface area contributed by atoms with Gasteiger partial charge in [-0.05, 0) is 38.4 Å². The Morgan fingerprint density at radius 3 is 2.81 bits per heavy atom. The van der Waals surface area contributed by atoms with Crippen molar-refractivity contribution in [3.8, 4) is 5.75 Å². The van der Waals surface area contributed by atoms with Crippen LogP contribution in [0.4, 0.5) is 5.69 Å². The molecule has 1 fully saturated rings. The van der Waals surface area contributed by atoms with Gasteiger partial charge in [-0.3, -0.25) is 9.89 Å². The molecule has 2 N–H and O–H groups in total. The Hall–Kier alpha value is -1.79. The predicted octanol–water partition coefficient (Wildman–Crippen LogP) is 2.96. The Bertz CT molecular complexity index is 546. The first-order valence-electron chi connectivity index (χ1n) is 9.78. The first-order valence-corrected chi connectivity index (χ1v) is 9.78. The minimum atomic E-state index is 0.652. The molecule has 0 saturated heterocycles. The summed E-state index contributed by atoms with van der Waals surface area (Å²) in [4.78, 5) is 7.23. The summed E-state index contributed by atoms with van der Waals surface area (Å²) in [6.07, 6.45) is 3.56. The lowest BCUT2D eigenvalue weighted by atomic mass is 10.3. The van der Waals surface area contributed by atoms with Crippen molar-refractivity contribution in [2.24, 2.45) is 4.99 Å². The van der Waals surface area contributed by atoms with Gasteiger partial charge in [0.1, 0.15) is 5.75 Å². The molecule has 0 aromatic heterocycles. The van der Waals surface area contributed by atoms with Crippen molar-refractivity contribution >= 4 is 11.6 Å². The van der Waals surface area contributed by atoms with Gasteiger partial charge in [0, 0.05) is 51.0 Å². The highest BCUT2D eigenvalue weighted by Gasteiger charge is 2.27. The highest BCUT2D eigenvalue weighted by atomic mass is 16.5. The summed E-state index contributed by atoms with van der Waals surface area (Å²) < 4.78 is 10.8. The van der Waals surface area contributed by atoms with E-state index in [0.717, 1.165) is 56.0 Å². The summed E-state index contributed by atoms with van der Waals surface area (Å²) in [6, 6.07) is 8.78. The first kappa shape index (κ1) is 20.5. The number of rotatable bonds is 12. The normalized spacial score (nSPS) is 14.5. The number of aliphatic imine (C=N–C) groups is 1. The van der Waals surface area contributed by atoms with Gasteiger partial charge in [0.05, 0.1) is 13.2 Å². The van der Waals surface area contributed by atoms with Crippen molar-refractivity contribution in [2.75, 3.05) is 51.8 Å². The number of methoxy groups -OCH3 is 1. The molecule has 1 aliphatic rings. The molecule has 0 aliphatic heterocycles. The Morgan fingerprint density at radius 1 is 1.27 bits per heavy atom. The molecule has 6 heteroatoms. The molecule has 0 unspecified atom stereocenters. The van der Waals surface area contributed by atoms with Gasteiger partial charge >= 0.3 is 0 Å². The topological polar surface area (TPSA) is 58.1 Å². The molecule has 0 radical (unpaired) electrons. The van der Waals surface area contributed by atoms with E-state index in [2.05, 4.69) is 29.4 Å². The minimum Gasteiger partial charge on any atom is -0.493 e. The zero-order valence-electron chi connectivity index (χ0n) is 16.5. The van der Waals surface area contributed by atoms with E-state index in [4.69, 9.17) is 14.5 Å². The van der Waals surface area contributed by atoms with Crippen LogP contribution in [-0.2, 0) is 4.74 Å². The van der Waals surface area contributed by atoms with Crippen LogP contribution in [0.1, 0.15) is 33.1 Å². The third-order valence-electron chi connectivity index (χ3n) is 4.33. The molecule has 0 atom stereocenters. The number of likely N-dealkylation sites (N-methyl/N-ethyl adjacent to an activating group) is 1. The second kappa shape index (κ2) is 11.8. The lowest BCUT2D eigenvalue weighted by molar-refractivity contribution is 0.172. The van der Waals surface area contributed by atoms with Crippen LogP contribution in [0.15, 0.2) is 29.3 Å². The first-order chi connectivity index (χ1) is 12.8. The molecule has 26 heavy (non-hydrogen) atoms. The van der Waals surface area contributed by atoms with Crippen LogP contribution in [0, 0.1) is 0 Å². The standard InChI is InChI=1S/C20H34N4O2/c1-4-21-20(22-12-13-24(5-2)18-10-11-18)23-17-8-6-9-19(16-17)26-15-7-14-25-3/h6,8-9,16,18H,4-5,7,10-15H2,1-3H3,(H2,21,22,23). The summed E-state index contributed by atoms with van der Waals surface area (Å²) in [6.45, 7) is 9.42. The Morgan fingerprint density at radius 2 is 2.12 bits per heavy atom. The van der Waals surface area contributed by atoms with Crippen molar-refractivity contribution < 1.29 is 9.47 Å². The number of nitrogens with zero attached hydrogens (tertiary/aromatic N) is 2. The van der Waals surface area contributed by atoms with Crippen LogP contribution in [-0.4, -0.2) is 63.4 Å². The van der Waals surface area contributed by atoms with Gasteiger partial charge in [-0.2, -0.15) is 0 Å². The quantitative estimate of drug-likeness (QED) is 0.340. The molecule has 1 saturated carbocycles. The number of nitrogens with one attached hydrogen (secondary N) is 2. The summed E-state index contributed by atoms with van der Waals surface area (Å²) in [5, 5.41) is 6.68. The van der Waals surface area contributed by atoms with Crippen LogP contribution in [0.2, 0.25) is 0 Å². The van der Waals surface area contributed by atoms with E-state index in [9.17, 15) is 0 Å². The fourth-order valence-corrected chi connectivity index (χ4v) is 2.83. The van der Waals surface area contributed by atoms with Crippen molar-refractivity contribution in [1.29, 1.82) is 0 Å². The molecule has 0 heterocycles. The minimum absolute atomic E-state index is 0.652. The van der Waals surface area contributed by atoms with Crippen molar-refractivity contribution in [3.63, 3.8) is 0 Å². The van der Waals surface area contributed by atoms with Gasteiger partial charge in [-0.25, -0.2) is 0 Å². The second-order valence-electron chi connectivity index (χ2n) is 6.47. The van der Waals surface area contributed by atoms with E-state index >= 15 is 0 Å². The van der Waals surface area contributed by atoms with Crippen LogP contribution < -0.4 is 15.4 Å². The maximum atomic E-state index is 5.76. The van der Waals surface area contributed by atoms with Crippen LogP contribution in [0.25, 0.3) is 0 Å². The van der Waals surface area contributed by atoms with Crippen molar-refractivity contribution in [3.05, 3.63) is 24.3 Å². The summed E-state index contributed by atoms with van der Waals surface area (Å²) in [5.41, 5.74) is 0.975. The van der Waals surface area contributed by atoms with Crippen LogP contribution in [0.5, 0.6) is 5.75 Å². The number of anilines is 1. The molecule has 1 aromatic carbocycles. The number of guanidine groups is 1. The van der Waals surface area contributed by atoms with E-state index in [1.165, 1.54) is 12.8 Å². The number of ether oxygens (including phenoxy) is 2. The average Bonchev–Trinajstić information content (AvgIpc) is 3.48. The number of hydrogen-bond donors (Lipinski definition) is 2. The molecule has 146 valence electrons. The molecule has 0 bridgehead atoms.